The minimum Gasteiger partial charge on any atom is -0.386 e. The van der Waals surface area contributed by atoms with Crippen molar-refractivity contribution in [2.45, 2.75) is 18.9 Å². The summed E-state index contributed by atoms with van der Waals surface area (Å²) in [4.78, 5) is 29.2. The number of hydrogen-bond acceptors (Lipinski definition) is 4. The second-order valence-electron chi connectivity index (χ2n) is 4.65. The van der Waals surface area contributed by atoms with E-state index in [4.69, 9.17) is 0 Å². The van der Waals surface area contributed by atoms with Gasteiger partial charge in [-0.3, -0.25) is 14.6 Å². The summed E-state index contributed by atoms with van der Waals surface area (Å²) >= 11 is 0. The molecule has 1 atom stereocenters. The van der Waals surface area contributed by atoms with Crippen molar-refractivity contribution in [2.75, 3.05) is 26.0 Å². The molecule has 1 aliphatic rings. The Kier molecular flexibility index (Phi) is 3.99. The minimum absolute atomic E-state index is 0.00747. The van der Waals surface area contributed by atoms with Gasteiger partial charge in [0.25, 0.3) is 5.91 Å². The highest BCUT2D eigenvalue weighted by atomic mass is 16.2. The van der Waals surface area contributed by atoms with E-state index in [-0.39, 0.29) is 17.9 Å². The van der Waals surface area contributed by atoms with Crippen molar-refractivity contribution in [3.8, 4) is 0 Å². The van der Waals surface area contributed by atoms with Crippen LogP contribution in [0.25, 0.3) is 0 Å². The van der Waals surface area contributed by atoms with Crippen LogP contribution < -0.4 is 10.6 Å². The molecule has 0 radical (unpaired) electrons. The Bertz CT molecular complexity index is 489. The van der Waals surface area contributed by atoms with Crippen molar-refractivity contribution in [2.24, 2.45) is 0 Å². The number of nitrogens with one attached hydrogen (secondary N) is 2. The standard InChI is InChI=1S/C13H18N4O2/c1-14-11-7-15-6-5-10(11)13(19)16-9-3-4-12(18)17(2)8-9/h5-7,9,14H,3-4,8H2,1-2H3,(H,16,19). The van der Waals surface area contributed by atoms with Gasteiger partial charge in [-0.2, -0.15) is 0 Å². The Balaban J connectivity index is 2.03. The quantitative estimate of drug-likeness (QED) is 0.830. The molecule has 2 amide bonds. The molecule has 6 heteroatoms. The van der Waals surface area contributed by atoms with Crippen LogP contribution in [0.15, 0.2) is 18.5 Å². The van der Waals surface area contributed by atoms with Crippen LogP contribution in [0.1, 0.15) is 23.2 Å². The summed E-state index contributed by atoms with van der Waals surface area (Å²) in [6.07, 6.45) is 4.38. The van der Waals surface area contributed by atoms with E-state index in [0.29, 0.717) is 30.6 Å². The highest BCUT2D eigenvalue weighted by molar-refractivity contribution is 5.99. The number of nitrogens with zero attached hydrogens (tertiary/aromatic N) is 2. The molecule has 0 bridgehead atoms. The first-order valence-corrected chi connectivity index (χ1v) is 6.28. The first kappa shape index (κ1) is 13.3. The third kappa shape index (κ3) is 3.01. The van der Waals surface area contributed by atoms with Gasteiger partial charge in [-0.25, -0.2) is 0 Å². The van der Waals surface area contributed by atoms with E-state index in [9.17, 15) is 9.59 Å². The van der Waals surface area contributed by atoms with Gasteiger partial charge >= 0.3 is 0 Å². The number of hydrogen-bond donors (Lipinski definition) is 2. The number of piperidine rings is 1. The van der Waals surface area contributed by atoms with Crippen molar-refractivity contribution in [3.63, 3.8) is 0 Å². The van der Waals surface area contributed by atoms with Crippen LogP contribution in [0.3, 0.4) is 0 Å². The zero-order valence-electron chi connectivity index (χ0n) is 11.1. The van der Waals surface area contributed by atoms with E-state index in [0.717, 1.165) is 0 Å². The summed E-state index contributed by atoms with van der Waals surface area (Å²) in [5.74, 6) is -0.00942. The third-order valence-electron chi connectivity index (χ3n) is 3.30. The average Bonchev–Trinajstić information content (AvgIpc) is 2.43. The Labute approximate surface area is 112 Å². The van der Waals surface area contributed by atoms with Crippen LogP contribution in [0.5, 0.6) is 0 Å². The molecule has 2 N–H and O–H groups in total. The summed E-state index contributed by atoms with van der Waals surface area (Å²) in [7, 11) is 3.51. The number of pyridine rings is 1. The molecule has 1 saturated heterocycles. The summed E-state index contributed by atoms with van der Waals surface area (Å²) in [5, 5.41) is 5.90. The highest BCUT2D eigenvalue weighted by Crippen LogP contribution is 2.14. The van der Waals surface area contributed by atoms with Crippen molar-refractivity contribution in [3.05, 3.63) is 24.0 Å². The number of rotatable bonds is 3. The van der Waals surface area contributed by atoms with E-state index in [1.54, 1.807) is 37.5 Å². The maximum atomic E-state index is 12.2. The van der Waals surface area contributed by atoms with E-state index < -0.39 is 0 Å². The zero-order chi connectivity index (χ0) is 13.8. The van der Waals surface area contributed by atoms with E-state index >= 15 is 0 Å². The monoisotopic (exact) mass is 262 g/mol. The van der Waals surface area contributed by atoms with Crippen LogP contribution >= 0.6 is 0 Å². The lowest BCUT2D eigenvalue weighted by atomic mass is 10.0. The SMILES string of the molecule is CNc1cnccc1C(=O)NC1CCC(=O)N(C)C1. The minimum atomic E-state index is -0.139. The second kappa shape index (κ2) is 5.69. The molecule has 2 heterocycles. The molecule has 19 heavy (non-hydrogen) atoms. The number of carbonyl (C=O) groups excluding carboxylic acids is 2. The number of likely N-dealkylation sites (tertiary alicyclic amines) is 1. The number of amides is 2. The molecular formula is C13H18N4O2. The average molecular weight is 262 g/mol. The molecular weight excluding hydrogens is 244 g/mol. The molecule has 1 fully saturated rings. The van der Waals surface area contributed by atoms with E-state index in [1.165, 1.54) is 0 Å². The van der Waals surface area contributed by atoms with Gasteiger partial charge in [0.1, 0.15) is 0 Å². The maximum Gasteiger partial charge on any atom is 0.253 e. The fourth-order valence-electron chi connectivity index (χ4n) is 2.18. The summed E-state index contributed by atoms with van der Waals surface area (Å²) in [5.41, 5.74) is 1.26. The molecule has 0 aromatic carbocycles. The van der Waals surface area contributed by atoms with Gasteiger partial charge in [-0.15, -0.1) is 0 Å². The zero-order valence-corrected chi connectivity index (χ0v) is 11.1. The molecule has 1 unspecified atom stereocenters. The smallest absolute Gasteiger partial charge is 0.253 e. The molecule has 0 spiro atoms. The van der Waals surface area contributed by atoms with Crippen LogP contribution in [0.2, 0.25) is 0 Å². The number of likely N-dealkylation sites (N-methyl/N-ethyl adjacent to an activating group) is 1. The second-order valence-corrected chi connectivity index (χ2v) is 4.65. The largest absolute Gasteiger partial charge is 0.386 e. The summed E-state index contributed by atoms with van der Waals surface area (Å²) < 4.78 is 0. The van der Waals surface area contributed by atoms with Gasteiger partial charge in [0.15, 0.2) is 0 Å². The van der Waals surface area contributed by atoms with Crippen molar-refractivity contribution in [1.29, 1.82) is 0 Å². The molecule has 0 saturated carbocycles. The van der Waals surface area contributed by atoms with Gasteiger partial charge in [0, 0.05) is 39.3 Å². The van der Waals surface area contributed by atoms with Gasteiger partial charge in [-0.1, -0.05) is 0 Å². The fourth-order valence-corrected chi connectivity index (χ4v) is 2.18. The van der Waals surface area contributed by atoms with Crippen molar-refractivity contribution in [1.82, 2.24) is 15.2 Å². The normalized spacial score (nSPS) is 19.2. The number of anilines is 1. The highest BCUT2D eigenvalue weighted by Gasteiger charge is 2.24. The van der Waals surface area contributed by atoms with Gasteiger partial charge in [0.05, 0.1) is 17.4 Å². The van der Waals surface area contributed by atoms with Crippen molar-refractivity contribution >= 4 is 17.5 Å². The molecule has 6 nitrogen and oxygen atoms in total. The van der Waals surface area contributed by atoms with Crippen LogP contribution in [-0.4, -0.2) is 48.4 Å². The molecule has 1 aromatic rings. The lowest BCUT2D eigenvalue weighted by Gasteiger charge is -2.30. The van der Waals surface area contributed by atoms with Crippen LogP contribution in [-0.2, 0) is 4.79 Å². The maximum absolute atomic E-state index is 12.2. The predicted molar refractivity (Wildman–Crippen MR) is 71.9 cm³/mol. The Morgan fingerprint density at radius 1 is 1.53 bits per heavy atom. The van der Waals surface area contributed by atoms with Gasteiger partial charge in [-0.05, 0) is 12.5 Å². The first-order chi connectivity index (χ1) is 9.11. The lowest BCUT2D eigenvalue weighted by molar-refractivity contribution is -0.132. The lowest BCUT2D eigenvalue weighted by Crippen LogP contribution is -2.48. The molecule has 0 aliphatic carbocycles. The van der Waals surface area contributed by atoms with Gasteiger partial charge in [0.2, 0.25) is 5.91 Å². The topological polar surface area (TPSA) is 74.3 Å². The van der Waals surface area contributed by atoms with Crippen molar-refractivity contribution < 1.29 is 9.59 Å². The van der Waals surface area contributed by atoms with E-state index in [2.05, 4.69) is 15.6 Å². The van der Waals surface area contributed by atoms with E-state index in [1.807, 2.05) is 0 Å². The van der Waals surface area contributed by atoms with Gasteiger partial charge < -0.3 is 15.5 Å². The first-order valence-electron chi connectivity index (χ1n) is 6.28. The molecule has 1 aromatic heterocycles. The van der Waals surface area contributed by atoms with Crippen LogP contribution in [0.4, 0.5) is 5.69 Å². The fraction of sp³-hybridized carbons (Fsp3) is 0.462. The molecule has 1 aliphatic heterocycles. The Morgan fingerprint density at radius 3 is 3.00 bits per heavy atom. The summed E-state index contributed by atoms with van der Waals surface area (Å²) in [6, 6.07) is 1.69. The number of aromatic nitrogens is 1. The predicted octanol–water partition coefficient (Wildman–Crippen LogP) is 0.474. The Morgan fingerprint density at radius 2 is 2.32 bits per heavy atom. The third-order valence-corrected chi connectivity index (χ3v) is 3.30. The van der Waals surface area contributed by atoms with Crippen LogP contribution in [0, 0.1) is 0 Å². The molecule has 102 valence electrons. The Hall–Kier alpha value is -2.11. The number of carbonyl (C=O) groups is 2. The summed E-state index contributed by atoms with van der Waals surface area (Å²) in [6.45, 7) is 0.560. The molecule has 2 rings (SSSR count).